The summed E-state index contributed by atoms with van der Waals surface area (Å²) in [5, 5.41) is 6.94. The number of nitrogens with two attached hydrogens (primary N) is 1. The van der Waals surface area contributed by atoms with Crippen LogP contribution in [0.4, 0.5) is 11.5 Å². The first-order chi connectivity index (χ1) is 7.47. The van der Waals surface area contributed by atoms with Gasteiger partial charge >= 0.3 is 0 Å². The Kier molecular flexibility index (Phi) is 3.76. The van der Waals surface area contributed by atoms with Crippen LogP contribution in [0.15, 0.2) is 0 Å². The van der Waals surface area contributed by atoms with Crippen molar-refractivity contribution in [1.82, 2.24) is 15.1 Å². The Hall–Kier alpha value is -1.72. The molecule has 0 saturated carbocycles. The zero-order valence-electron chi connectivity index (χ0n) is 10.2. The van der Waals surface area contributed by atoms with Gasteiger partial charge in [0.25, 0.3) is 0 Å². The molecule has 0 saturated heterocycles. The van der Waals surface area contributed by atoms with Gasteiger partial charge in [-0.15, -0.1) is 0 Å². The first-order valence-corrected chi connectivity index (χ1v) is 5.24. The van der Waals surface area contributed by atoms with E-state index in [2.05, 4.69) is 10.4 Å². The summed E-state index contributed by atoms with van der Waals surface area (Å²) in [7, 11) is 3.63. The average Bonchev–Trinajstić information content (AvgIpc) is 2.41. The summed E-state index contributed by atoms with van der Waals surface area (Å²) in [4.78, 5) is 13.2. The highest BCUT2D eigenvalue weighted by molar-refractivity contribution is 5.82. The van der Waals surface area contributed by atoms with Gasteiger partial charge in [0.2, 0.25) is 5.91 Å². The summed E-state index contributed by atoms with van der Waals surface area (Å²) in [5.41, 5.74) is 7.30. The standard InChI is InChI=1S/C10H19N5O/c1-5-12-8(16)6-14(3)10-9(11)7(2)13-15(10)4/h5-6,11H2,1-4H3,(H,12,16). The van der Waals surface area contributed by atoms with Gasteiger partial charge in [-0.1, -0.05) is 0 Å². The number of hydrogen-bond acceptors (Lipinski definition) is 4. The molecular formula is C10H19N5O. The molecule has 16 heavy (non-hydrogen) atoms. The van der Waals surface area contributed by atoms with Crippen LogP contribution in [0.25, 0.3) is 0 Å². The highest BCUT2D eigenvalue weighted by Gasteiger charge is 2.16. The van der Waals surface area contributed by atoms with E-state index in [-0.39, 0.29) is 12.5 Å². The molecule has 90 valence electrons. The Balaban J connectivity index is 2.80. The van der Waals surface area contributed by atoms with Crippen LogP contribution in [0.3, 0.4) is 0 Å². The Bertz CT molecular complexity index is 385. The van der Waals surface area contributed by atoms with Gasteiger partial charge in [-0.05, 0) is 13.8 Å². The second kappa shape index (κ2) is 4.87. The van der Waals surface area contributed by atoms with Crippen molar-refractivity contribution in [2.75, 3.05) is 30.8 Å². The summed E-state index contributed by atoms with van der Waals surface area (Å²) in [6.07, 6.45) is 0. The Labute approximate surface area is 95.4 Å². The Morgan fingerprint density at radius 2 is 2.25 bits per heavy atom. The van der Waals surface area contributed by atoms with E-state index in [0.717, 1.165) is 11.5 Å². The average molecular weight is 225 g/mol. The van der Waals surface area contributed by atoms with Crippen LogP contribution in [0.2, 0.25) is 0 Å². The molecule has 0 radical (unpaired) electrons. The molecular weight excluding hydrogens is 206 g/mol. The van der Waals surface area contributed by atoms with Gasteiger partial charge in [0.05, 0.1) is 17.9 Å². The fourth-order valence-electron chi connectivity index (χ4n) is 1.66. The van der Waals surface area contributed by atoms with Gasteiger partial charge in [0, 0.05) is 20.6 Å². The zero-order valence-corrected chi connectivity index (χ0v) is 10.2. The maximum absolute atomic E-state index is 11.4. The molecule has 6 nitrogen and oxygen atoms in total. The molecule has 0 unspecified atom stereocenters. The highest BCUT2D eigenvalue weighted by atomic mass is 16.2. The van der Waals surface area contributed by atoms with Crippen LogP contribution in [0.5, 0.6) is 0 Å². The van der Waals surface area contributed by atoms with E-state index in [1.807, 2.05) is 27.9 Å². The van der Waals surface area contributed by atoms with Gasteiger partial charge in [-0.3, -0.25) is 9.48 Å². The molecule has 0 bridgehead atoms. The number of rotatable bonds is 4. The third-order valence-electron chi connectivity index (χ3n) is 2.35. The van der Waals surface area contributed by atoms with Crippen LogP contribution in [0, 0.1) is 6.92 Å². The van der Waals surface area contributed by atoms with Gasteiger partial charge in [-0.25, -0.2) is 0 Å². The zero-order chi connectivity index (χ0) is 12.3. The lowest BCUT2D eigenvalue weighted by Gasteiger charge is -2.19. The van der Waals surface area contributed by atoms with Crippen molar-refractivity contribution in [1.29, 1.82) is 0 Å². The third kappa shape index (κ3) is 2.44. The number of carbonyl (C=O) groups is 1. The smallest absolute Gasteiger partial charge is 0.239 e. The molecule has 0 fully saturated rings. The molecule has 0 aliphatic carbocycles. The molecule has 0 spiro atoms. The lowest BCUT2D eigenvalue weighted by atomic mass is 10.3. The molecule has 6 heteroatoms. The van der Waals surface area contributed by atoms with Crippen LogP contribution in [-0.4, -0.2) is 35.8 Å². The molecule has 0 aliphatic rings. The number of nitrogens with zero attached hydrogens (tertiary/aromatic N) is 3. The first kappa shape index (κ1) is 12.4. The van der Waals surface area contributed by atoms with Crippen molar-refractivity contribution in [3.8, 4) is 0 Å². The van der Waals surface area contributed by atoms with Gasteiger partial charge in [0.15, 0.2) is 5.82 Å². The third-order valence-corrected chi connectivity index (χ3v) is 2.35. The minimum Gasteiger partial charge on any atom is -0.394 e. The van der Waals surface area contributed by atoms with Crippen LogP contribution < -0.4 is 16.0 Å². The molecule has 1 rings (SSSR count). The van der Waals surface area contributed by atoms with E-state index in [1.54, 1.807) is 9.58 Å². The maximum atomic E-state index is 11.4. The molecule has 1 aromatic rings. The van der Waals surface area contributed by atoms with Crippen molar-refractivity contribution in [2.24, 2.45) is 7.05 Å². The maximum Gasteiger partial charge on any atom is 0.239 e. The number of nitrogens with one attached hydrogen (secondary N) is 1. The fourth-order valence-corrected chi connectivity index (χ4v) is 1.66. The SMILES string of the molecule is CCNC(=O)CN(C)c1c(N)c(C)nn1C. The molecule has 3 N–H and O–H groups in total. The first-order valence-electron chi connectivity index (χ1n) is 5.24. The summed E-state index contributed by atoms with van der Waals surface area (Å²) in [6.45, 7) is 4.64. The molecule has 1 amide bonds. The molecule has 0 aromatic carbocycles. The van der Waals surface area contributed by atoms with Gasteiger partial charge in [0.1, 0.15) is 0 Å². The number of aromatic nitrogens is 2. The number of nitrogen functional groups attached to an aromatic ring is 1. The normalized spacial score (nSPS) is 10.2. The second-order valence-corrected chi connectivity index (χ2v) is 3.76. The monoisotopic (exact) mass is 225 g/mol. The Morgan fingerprint density at radius 3 is 2.69 bits per heavy atom. The number of aryl methyl sites for hydroxylation is 2. The molecule has 0 aliphatic heterocycles. The van der Waals surface area contributed by atoms with Crippen LogP contribution >= 0.6 is 0 Å². The number of anilines is 2. The fraction of sp³-hybridized carbons (Fsp3) is 0.600. The number of hydrogen-bond donors (Lipinski definition) is 2. The second-order valence-electron chi connectivity index (χ2n) is 3.76. The van der Waals surface area contributed by atoms with Crippen molar-refractivity contribution in [2.45, 2.75) is 13.8 Å². The van der Waals surface area contributed by atoms with Crippen LogP contribution in [-0.2, 0) is 11.8 Å². The predicted molar refractivity (Wildman–Crippen MR) is 64.3 cm³/mol. The lowest BCUT2D eigenvalue weighted by Crippen LogP contribution is -2.36. The van der Waals surface area contributed by atoms with Crippen molar-refractivity contribution in [3.63, 3.8) is 0 Å². The van der Waals surface area contributed by atoms with Crippen molar-refractivity contribution >= 4 is 17.4 Å². The van der Waals surface area contributed by atoms with Gasteiger partial charge < -0.3 is 16.0 Å². The van der Waals surface area contributed by atoms with E-state index >= 15 is 0 Å². The van der Waals surface area contributed by atoms with Crippen molar-refractivity contribution in [3.05, 3.63) is 5.69 Å². The number of carbonyl (C=O) groups excluding carboxylic acids is 1. The number of amides is 1. The number of likely N-dealkylation sites (N-methyl/N-ethyl adjacent to an activating group) is 2. The minimum absolute atomic E-state index is 0.0248. The summed E-state index contributed by atoms with van der Waals surface area (Å²) < 4.78 is 1.68. The van der Waals surface area contributed by atoms with Crippen molar-refractivity contribution < 1.29 is 4.79 Å². The van der Waals surface area contributed by atoms with Crippen LogP contribution in [0.1, 0.15) is 12.6 Å². The summed E-state index contributed by atoms with van der Waals surface area (Å²) in [5.74, 6) is 0.743. The van der Waals surface area contributed by atoms with Gasteiger partial charge in [-0.2, -0.15) is 5.10 Å². The summed E-state index contributed by atoms with van der Waals surface area (Å²) >= 11 is 0. The quantitative estimate of drug-likeness (QED) is 0.749. The molecule has 1 heterocycles. The topological polar surface area (TPSA) is 76.2 Å². The minimum atomic E-state index is -0.0248. The predicted octanol–water partition coefficient (Wildman–Crippen LogP) is -0.117. The van der Waals surface area contributed by atoms with E-state index in [9.17, 15) is 4.79 Å². The largest absolute Gasteiger partial charge is 0.394 e. The van der Waals surface area contributed by atoms with E-state index in [1.165, 1.54) is 0 Å². The molecule has 1 aromatic heterocycles. The van der Waals surface area contributed by atoms with E-state index in [4.69, 9.17) is 5.73 Å². The summed E-state index contributed by atoms with van der Waals surface area (Å²) in [6, 6.07) is 0. The Morgan fingerprint density at radius 1 is 1.62 bits per heavy atom. The van der Waals surface area contributed by atoms with E-state index in [0.29, 0.717) is 12.2 Å². The highest BCUT2D eigenvalue weighted by Crippen LogP contribution is 2.23. The van der Waals surface area contributed by atoms with E-state index < -0.39 is 0 Å². The lowest BCUT2D eigenvalue weighted by molar-refractivity contribution is -0.119. The molecule has 0 atom stereocenters.